The maximum atomic E-state index is 12.5. The van der Waals surface area contributed by atoms with E-state index >= 15 is 0 Å². The van der Waals surface area contributed by atoms with Gasteiger partial charge in [-0.3, -0.25) is 14.1 Å². The minimum Gasteiger partial charge on any atom is -0.468 e. The first kappa shape index (κ1) is 19.0. The molecule has 1 aliphatic rings. The highest BCUT2D eigenvalue weighted by atomic mass is 32.1. The molecule has 1 atom stereocenters. The summed E-state index contributed by atoms with van der Waals surface area (Å²) < 4.78 is 9.52. The lowest BCUT2D eigenvalue weighted by Crippen LogP contribution is -2.46. The van der Waals surface area contributed by atoms with Crippen molar-refractivity contribution in [2.45, 2.75) is 32.6 Å². The van der Waals surface area contributed by atoms with E-state index < -0.39 is 0 Å². The van der Waals surface area contributed by atoms with Crippen LogP contribution in [0.5, 0.6) is 0 Å². The Labute approximate surface area is 179 Å². The number of ether oxygens (including phenoxy) is 1. The summed E-state index contributed by atoms with van der Waals surface area (Å²) in [6.07, 6.45) is 0.617. The Kier molecular flexibility index (Phi) is 4.64. The molecule has 0 unspecified atom stereocenters. The van der Waals surface area contributed by atoms with Crippen molar-refractivity contribution < 1.29 is 9.53 Å². The fourth-order valence-electron chi connectivity index (χ4n) is 4.38. The number of hydrogen-bond donors (Lipinski definition) is 0. The molecule has 0 aliphatic carbocycles. The second-order valence-corrected chi connectivity index (χ2v) is 8.09. The number of carbonyl (C=O) groups excluding carboxylic acids is 1. The van der Waals surface area contributed by atoms with Crippen LogP contribution in [0.4, 0.5) is 0 Å². The molecule has 2 aromatic heterocycles. The summed E-state index contributed by atoms with van der Waals surface area (Å²) in [7, 11) is 1.44. The molecule has 3 heterocycles. The fraction of sp³-hybridized carbons (Fsp3) is 0.261. The van der Waals surface area contributed by atoms with E-state index in [2.05, 4.69) is 42.2 Å². The highest BCUT2D eigenvalue weighted by Crippen LogP contribution is 2.26. The van der Waals surface area contributed by atoms with E-state index in [1.165, 1.54) is 18.2 Å². The van der Waals surface area contributed by atoms with Gasteiger partial charge in [0.1, 0.15) is 6.04 Å². The summed E-state index contributed by atoms with van der Waals surface area (Å²) in [5, 5.41) is 5.93. The number of aromatic nitrogens is 3. The monoisotopic (exact) mass is 418 g/mol. The van der Waals surface area contributed by atoms with Gasteiger partial charge in [-0.25, -0.2) is 4.68 Å². The quantitative estimate of drug-likeness (QED) is 0.373. The average Bonchev–Trinajstić information content (AvgIpc) is 3.07. The third-order valence-electron chi connectivity index (χ3n) is 5.91. The van der Waals surface area contributed by atoms with Gasteiger partial charge in [0.25, 0.3) is 0 Å². The van der Waals surface area contributed by atoms with Gasteiger partial charge in [-0.15, -0.1) is 0 Å². The SMILES string of the molecule is COC(=O)[C@@H]1Cc2ccccc2CN1Cn1nc2cc(C)c3ccccc3n2c1=S. The van der Waals surface area contributed by atoms with Gasteiger partial charge in [-0.2, -0.15) is 5.10 Å². The van der Waals surface area contributed by atoms with Crippen molar-refractivity contribution >= 4 is 34.7 Å². The molecule has 0 amide bonds. The smallest absolute Gasteiger partial charge is 0.323 e. The number of benzene rings is 2. The summed E-state index contributed by atoms with van der Waals surface area (Å²) in [4.78, 5) is 14.6. The Morgan fingerprint density at radius 3 is 2.70 bits per heavy atom. The number of aryl methyl sites for hydroxylation is 1. The lowest BCUT2D eigenvalue weighted by molar-refractivity contribution is -0.148. The molecule has 5 rings (SSSR count). The van der Waals surface area contributed by atoms with Crippen LogP contribution in [0.1, 0.15) is 16.7 Å². The molecule has 152 valence electrons. The molecule has 0 saturated carbocycles. The van der Waals surface area contributed by atoms with Crippen LogP contribution in [-0.2, 0) is 29.2 Å². The fourth-order valence-corrected chi connectivity index (χ4v) is 4.67. The average molecular weight is 419 g/mol. The maximum absolute atomic E-state index is 12.5. The number of methoxy groups -OCH3 is 1. The minimum absolute atomic E-state index is 0.235. The van der Waals surface area contributed by atoms with Gasteiger partial charge in [-0.1, -0.05) is 42.5 Å². The first-order valence-electron chi connectivity index (χ1n) is 9.93. The van der Waals surface area contributed by atoms with Crippen LogP contribution < -0.4 is 0 Å². The molecule has 30 heavy (non-hydrogen) atoms. The molecular weight excluding hydrogens is 396 g/mol. The van der Waals surface area contributed by atoms with Gasteiger partial charge in [0.05, 0.1) is 19.3 Å². The molecular formula is C23H22N4O2S. The number of nitrogens with zero attached hydrogens (tertiary/aromatic N) is 4. The molecule has 0 fully saturated rings. The highest BCUT2D eigenvalue weighted by Gasteiger charge is 2.32. The third-order valence-corrected chi connectivity index (χ3v) is 6.31. The van der Waals surface area contributed by atoms with Crippen LogP contribution in [0.15, 0.2) is 54.6 Å². The zero-order valence-corrected chi connectivity index (χ0v) is 17.7. The van der Waals surface area contributed by atoms with Crippen LogP contribution in [0.3, 0.4) is 0 Å². The van der Waals surface area contributed by atoms with Crippen LogP contribution in [-0.4, -0.2) is 38.2 Å². The number of pyridine rings is 1. The summed E-state index contributed by atoms with van der Waals surface area (Å²) in [6.45, 7) is 3.15. The van der Waals surface area contributed by atoms with Gasteiger partial charge in [0.2, 0.25) is 4.77 Å². The molecule has 0 N–H and O–H groups in total. The summed E-state index contributed by atoms with van der Waals surface area (Å²) in [5.41, 5.74) is 5.41. The number of esters is 1. The van der Waals surface area contributed by atoms with Gasteiger partial charge >= 0.3 is 5.97 Å². The largest absolute Gasteiger partial charge is 0.468 e. The predicted octanol–water partition coefficient (Wildman–Crippen LogP) is 3.88. The zero-order valence-electron chi connectivity index (χ0n) is 16.9. The standard InChI is InChI=1S/C23H22N4O2S/c1-15-11-21-24-26(23(30)27(21)19-10-6-5-9-18(15)19)14-25-13-17-8-4-3-7-16(17)12-20(25)22(28)29-2/h3-11,20H,12-14H2,1-2H3/t20-/m0/s1. The van der Waals surface area contributed by atoms with E-state index in [4.69, 9.17) is 22.1 Å². The number of para-hydroxylation sites is 1. The topological polar surface area (TPSA) is 51.8 Å². The normalized spacial score (nSPS) is 16.7. The van der Waals surface area contributed by atoms with Gasteiger partial charge in [0, 0.05) is 11.9 Å². The second-order valence-electron chi connectivity index (χ2n) is 7.72. The van der Waals surface area contributed by atoms with Crippen LogP contribution in [0.2, 0.25) is 0 Å². The van der Waals surface area contributed by atoms with Crippen molar-refractivity contribution in [1.82, 2.24) is 19.1 Å². The predicted molar refractivity (Wildman–Crippen MR) is 118 cm³/mol. The van der Waals surface area contributed by atoms with Crippen LogP contribution >= 0.6 is 12.2 Å². The highest BCUT2D eigenvalue weighted by molar-refractivity contribution is 7.71. The molecule has 0 saturated heterocycles. The number of hydrogen-bond acceptors (Lipinski definition) is 5. The van der Waals surface area contributed by atoms with E-state index in [9.17, 15) is 4.79 Å². The second kappa shape index (κ2) is 7.34. The first-order valence-corrected chi connectivity index (χ1v) is 10.3. The minimum atomic E-state index is -0.366. The first-order chi connectivity index (χ1) is 14.6. The van der Waals surface area contributed by atoms with Gasteiger partial charge < -0.3 is 4.74 Å². The molecule has 1 aliphatic heterocycles. The van der Waals surface area contributed by atoms with E-state index in [0.29, 0.717) is 24.4 Å². The van der Waals surface area contributed by atoms with Crippen molar-refractivity contribution in [2.75, 3.05) is 7.11 Å². The molecule has 4 aromatic rings. The van der Waals surface area contributed by atoms with E-state index in [1.807, 2.05) is 28.7 Å². The number of rotatable bonds is 3. The summed E-state index contributed by atoms with van der Waals surface area (Å²) in [5.74, 6) is -0.235. The van der Waals surface area contributed by atoms with Gasteiger partial charge in [0.15, 0.2) is 5.65 Å². The Morgan fingerprint density at radius 1 is 1.17 bits per heavy atom. The van der Waals surface area contributed by atoms with Crippen molar-refractivity contribution in [3.05, 3.63) is 76.1 Å². The van der Waals surface area contributed by atoms with Crippen molar-refractivity contribution in [3.63, 3.8) is 0 Å². The molecule has 6 nitrogen and oxygen atoms in total. The van der Waals surface area contributed by atoms with Crippen LogP contribution in [0, 0.1) is 11.7 Å². The molecule has 0 radical (unpaired) electrons. The van der Waals surface area contributed by atoms with E-state index in [1.54, 1.807) is 4.68 Å². The van der Waals surface area contributed by atoms with E-state index in [-0.39, 0.29) is 12.0 Å². The third kappa shape index (κ3) is 3.02. The Bertz CT molecular complexity index is 1340. The Hall–Kier alpha value is -3.03. The van der Waals surface area contributed by atoms with Crippen molar-refractivity contribution in [2.24, 2.45) is 0 Å². The number of carbonyl (C=O) groups is 1. The Balaban J connectivity index is 1.59. The van der Waals surface area contributed by atoms with Crippen molar-refractivity contribution in [3.8, 4) is 0 Å². The molecule has 0 bridgehead atoms. The lowest BCUT2D eigenvalue weighted by atomic mass is 9.94. The van der Waals surface area contributed by atoms with E-state index in [0.717, 1.165) is 22.1 Å². The van der Waals surface area contributed by atoms with Crippen molar-refractivity contribution in [1.29, 1.82) is 0 Å². The Morgan fingerprint density at radius 2 is 1.90 bits per heavy atom. The maximum Gasteiger partial charge on any atom is 0.323 e. The summed E-state index contributed by atoms with van der Waals surface area (Å²) >= 11 is 5.80. The lowest BCUT2D eigenvalue weighted by Gasteiger charge is -2.34. The molecule has 2 aromatic carbocycles. The molecule has 0 spiro atoms. The van der Waals surface area contributed by atoms with Crippen LogP contribution in [0.25, 0.3) is 16.6 Å². The zero-order chi connectivity index (χ0) is 20.8. The summed E-state index contributed by atoms with van der Waals surface area (Å²) in [6, 6.07) is 18.1. The molecule has 7 heteroatoms. The van der Waals surface area contributed by atoms with Gasteiger partial charge in [-0.05, 0) is 54.4 Å². The number of fused-ring (bicyclic) bond motifs is 4.